The van der Waals surface area contributed by atoms with Crippen molar-refractivity contribution in [1.29, 1.82) is 0 Å². The lowest BCUT2D eigenvalue weighted by atomic mass is 10.1. The highest BCUT2D eigenvalue weighted by Crippen LogP contribution is 2.19. The number of carbonyl (C=O) groups excluding carboxylic acids is 1. The van der Waals surface area contributed by atoms with E-state index in [1.807, 2.05) is 11.8 Å². The van der Waals surface area contributed by atoms with E-state index in [0.29, 0.717) is 12.6 Å². The minimum atomic E-state index is 0.0680. The third-order valence-electron chi connectivity index (χ3n) is 4.06. The molecule has 2 aliphatic rings. The van der Waals surface area contributed by atoms with Crippen molar-refractivity contribution in [2.24, 2.45) is 11.7 Å². The third-order valence-corrected chi connectivity index (χ3v) is 4.06. The first kappa shape index (κ1) is 13.8. The number of hydrogen-bond donors (Lipinski definition) is 1. The highest BCUT2D eigenvalue weighted by molar-refractivity contribution is 5.78. The molecule has 0 aromatic carbocycles. The molecule has 0 aliphatic carbocycles. The summed E-state index contributed by atoms with van der Waals surface area (Å²) in [6.07, 6.45) is 1.89. The van der Waals surface area contributed by atoms with Crippen molar-refractivity contribution >= 4 is 5.91 Å². The summed E-state index contributed by atoms with van der Waals surface area (Å²) in [6, 6.07) is 0.530. The Bertz CT molecular complexity index is 279. The molecule has 5 heteroatoms. The largest absolute Gasteiger partial charge is 0.379 e. The number of nitrogens with zero attached hydrogens (tertiary/aromatic N) is 2. The average Bonchev–Trinajstić information content (AvgIpc) is 2.89. The fourth-order valence-electron chi connectivity index (χ4n) is 2.87. The molecule has 0 aromatic heterocycles. The molecule has 0 spiro atoms. The summed E-state index contributed by atoms with van der Waals surface area (Å²) in [5.41, 5.74) is 5.52. The Morgan fingerprint density at radius 2 is 2.11 bits per heavy atom. The van der Waals surface area contributed by atoms with Crippen LogP contribution in [-0.2, 0) is 9.53 Å². The molecule has 2 atom stereocenters. The van der Waals surface area contributed by atoms with Crippen molar-refractivity contribution in [1.82, 2.24) is 9.80 Å². The second-order valence-corrected chi connectivity index (χ2v) is 5.35. The van der Waals surface area contributed by atoms with Crippen molar-refractivity contribution < 1.29 is 9.53 Å². The molecule has 2 saturated heterocycles. The van der Waals surface area contributed by atoms with Gasteiger partial charge in [-0.25, -0.2) is 0 Å². The van der Waals surface area contributed by atoms with Crippen molar-refractivity contribution in [2.45, 2.75) is 25.8 Å². The first-order chi connectivity index (χ1) is 8.72. The Balaban J connectivity index is 1.81. The van der Waals surface area contributed by atoms with E-state index in [-0.39, 0.29) is 11.8 Å². The van der Waals surface area contributed by atoms with Crippen LogP contribution in [0, 0.1) is 5.92 Å². The average molecular weight is 255 g/mol. The number of ether oxygens (including phenoxy) is 1. The van der Waals surface area contributed by atoms with Gasteiger partial charge in [0.1, 0.15) is 0 Å². The van der Waals surface area contributed by atoms with Crippen LogP contribution in [0.1, 0.15) is 19.8 Å². The number of amides is 1. The Morgan fingerprint density at radius 3 is 2.78 bits per heavy atom. The SMILES string of the molecule is CC(CCN)C(=O)N1CCC(N2CCOCC2)C1. The van der Waals surface area contributed by atoms with E-state index in [4.69, 9.17) is 10.5 Å². The fourth-order valence-corrected chi connectivity index (χ4v) is 2.87. The van der Waals surface area contributed by atoms with E-state index in [9.17, 15) is 4.79 Å². The molecule has 2 aliphatic heterocycles. The van der Waals surface area contributed by atoms with Crippen LogP contribution < -0.4 is 5.73 Å². The van der Waals surface area contributed by atoms with Gasteiger partial charge in [-0.15, -0.1) is 0 Å². The molecule has 5 nitrogen and oxygen atoms in total. The number of carbonyl (C=O) groups is 1. The molecule has 0 radical (unpaired) electrons. The molecule has 104 valence electrons. The second kappa shape index (κ2) is 6.50. The molecule has 1 amide bonds. The van der Waals surface area contributed by atoms with Crippen LogP contribution in [0.5, 0.6) is 0 Å². The smallest absolute Gasteiger partial charge is 0.225 e. The third kappa shape index (κ3) is 3.22. The molecule has 2 N–H and O–H groups in total. The van der Waals surface area contributed by atoms with E-state index in [1.54, 1.807) is 0 Å². The predicted octanol–water partition coefficient (Wildman–Crippen LogP) is -0.0956. The number of nitrogens with two attached hydrogens (primary N) is 1. The maximum absolute atomic E-state index is 12.2. The van der Waals surface area contributed by atoms with Gasteiger partial charge in [0, 0.05) is 38.1 Å². The summed E-state index contributed by atoms with van der Waals surface area (Å²) < 4.78 is 5.37. The lowest BCUT2D eigenvalue weighted by molar-refractivity contribution is -0.134. The molecular formula is C13H25N3O2. The van der Waals surface area contributed by atoms with Crippen molar-refractivity contribution in [3.8, 4) is 0 Å². The minimum Gasteiger partial charge on any atom is -0.379 e. The van der Waals surface area contributed by atoms with Gasteiger partial charge in [0.15, 0.2) is 0 Å². The van der Waals surface area contributed by atoms with Gasteiger partial charge in [-0.3, -0.25) is 9.69 Å². The van der Waals surface area contributed by atoms with Crippen molar-refractivity contribution in [3.63, 3.8) is 0 Å². The van der Waals surface area contributed by atoms with E-state index >= 15 is 0 Å². The highest BCUT2D eigenvalue weighted by Gasteiger charge is 2.32. The van der Waals surface area contributed by atoms with Gasteiger partial charge in [-0.1, -0.05) is 6.92 Å². The highest BCUT2D eigenvalue weighted by atomic mass is 16.5. The van der Waals surface area contributed by atoms with Gasteiger partial charge in [0.2, 0.25) is 5.91 Å². The quantitative estimate of drug-likeness (QED) is 0.762. The predicted molar refractivity (Wildman–Crippen MR) is 70.2 cm³/mol. The molecule has 2 rings (SSSR count). The van der Waals surface area contributed by atoms with Gasteiger partial charge in [-0.2, -0.15) is 0 Å². The Labute approximate surface area is 109 Å². The zero-order valence-electron chi connectivity index (χ0n) is 11.3. The lowest BCUT2D eigenvalue weighted by Gasteiger charge is -2.32. The minimum absolute atomic E-state index is 0.0680. The van der Waals surface area contributed by atoms with Gasteiger partial charge < -0.3 is 15.4 Å². The number of hydrogen-bond acceptors (Lipinski definition) is 4. The van der Waals surface area contributed by atoms with E-state index in [1.165, 1.54) is 0 Å². The van der Waals surface area contributed by atoms with Crippen LogP contribution in [-0.4, -0.2) is 67.7 Å². The molecule has 2 unspecified atom stereocenters. The van der Waals surface area contributed by atoms with E-state index < -0.39 is 0 Å². The molecule has 18 heavy (non-hydrogen) atoms. The van der Waals surface area contributed by atoms with Crippen LogP contribution in [0.3, 0.4) is 0 Å². The summed E-state index contributed by atoms with van der Waals surface area (Å²) in [5, 5.41) is 0. The first-order valence-electron chi connectivity index (χ1n) is 7.03. The summed E-state index contributed by atoms with van der Waals surface area (Å²) in [4.78, 5) is 16.7. The molecule has 0 bridgehead atoms. The normalized spacial score (nSPS) is 27.4. The maximum Gasteiger partial charge on any atom is 0.225 e. The molecule has 2 fully saturated rings. The zero-order valence-corrected chi connectivity index (χ0v) is 11.3. The summed E-state index contributed by atoms with van der Waals surface area (Å²) in [5.74, 6) is 0.342. The Morgan fingerprint density at radius 1 is 1.39 bits per heavy atom. The number of morpholine rings is 1. The summed E-state index contributed by atoms with van der Waals surface area (Å²) in [6.45, 7) is 8.02. The van der Waals surface area contributed by atoms with Crippen LogP contribution in [0.25, 0.3) is 0 Å². The zero-order chi connectivity index (χ0) is 13.0. The van der Waals surface area contributed by atoms with E-state index in [2.05, 4.69) is 4.90 Å². The first-order valence-corrected chi connectivity index (χ1v) is 7.03. The van der Waals surface area contributed by atoms with Gasteiger partial charge in [-0.05, 0) is 19.4 Å². The molecule has 2 heterocycles. The fraction of sp³-hybridized carbons (Fsp3) is 0.923. The monoisotopic (exact) mass is 255 g/mol. The van der Waals surface area contributed by atoms with Crippen molar-refractivity contribution in [3.05, 3.63) is 0 Å². The maximum atomic E-state index is 12.2. The molecule has 0 aromatic rings. The van der Waals surface area contributed by atoms with Crippen LogP contribution in [0.15, 0.2) is 0 Å². The van der Waals surface area contributed by atoms with Crippen LogP contribution in [0.2, 0.25) is 0 Å². The second-order valence-electron chi connectivity index (χ2n) is 5.35. The van der Waals surface area contributed by atoms with Crippen LogP contribution >= 0.6 is 0 Å². The Hall–Kier alpha value is -0.650. The van der Waals surface area contributed by atoms with Gasteiger partial charge in [0.25, 0.3) is 0 Å². The number of rotatable bonds is 4. The number of likely N-dealkylation sites (tertiary alicyclic amines) is 1. The lowest BCUT2D eigenvalue weighted by Crippen LogP contribution is -2.45. The topological polar surface area (TPSA) is 58.8 Å². The van der Waals surface area contributed by atoms with Gasteiger partial charge in [0.05, 0.1) is 13.2 Å². The Kier molecular flexibility index (Phi) is 4.97. The van der Waals surface area contributed by atoms with Crippen molar-refractivity contribution in [2.75, 3.05) is 45.9 Å². The summed E-state index contributed by atoms with van der Waals surface area (Å²) >= 11 is 0. The van der Waals surface area contributed by atoms with Crippen LogP contribution in [0.4, 0.5) is 0 Å². The molecular weight excluding hydrogens is 230 g/mol. The van der Waals surface area contributed by atoms with E-state index in [0.717, 1.165) is 52.2 Å². The summed E-state index contributed by atoms with van der Waals surface area (Å²) in [7, 11) is 0. The molecule has 0 saturated carbocycles. The van der Waals surface area contributed by atoms with Gasteiger partial charge >= 0.3 is 0 Å². The standard InChI is InChI=1S/C13H25N3O2/c1-11(2-4-14)13(17)16-5-3-12(10-16)15-6-8-18-9-7-15/h11-12H,2-10,14H2,1H3.